The van der Waals surface area contributed by atoms with Gasteiger partial charge in [0, 0.05) is 13.6 Å². The Labute approximate surface area is 104 Å². The molecule has 2 rings (SSSR count). The van der Waals surface area contributed by atoms with Crippen molar-refractivity contribution in [1.29, 1.82) is 0 Å². The molecule has 1 saturated heterocycles. The Kier molecular flexibility index (Phi) is 3.02. The molecule has 1 amide bonds. The lowest BCUT2D eigenvalue weighted by Crippen LogP contribution is -2.31. The van der Waals surface area contributed by atoms with Crippen molar-refractivity contribution in [2.45, 2.75) is 16.6 Å². The number of nitrogen functional groups attached to an aromatic ring is 1. The number of nitrogens with zero attached hydrogens (tertiary/aromatic N) is 1. The van der Waals surface area contributed by atoms with Crippen molar-refractivity contribution in [3.05, 3.63) is 24.0 Å². The molecule has 1 unspecified atom stereocenters. The van der Waals surface area contributed by atoms with E-state index in [4.69, 9.17) is 5.73 Å². The smallest absolute Gasteiger partial charge is 0.241 e. The Morgan fingerprint density at radius 1 is 1.44 bits per heavy atom. The quantitative estimate of drug-likeness (QED) is 0.791. The van der Waals surface area contributed by atoms with Gasteiger partial charge in [0.15, 0.2) is 9.84 Å². The van der Waals surface area contributed by atoms with Gasteiger partial charge in [-0.05, 0) is 24.6 Å². The van der Waals surface area contributed by atoms with E-state index in [1.807, 2.05) is 0 Å². The minimum Gasteiger partial charge on any atom is -0.396 e. The fraction of sp³-hybridized carbons (Fsp3) is 0.364. The number of benzene rings is 1. The van der Waals surface area contributed by atoms with Crippen molar-refractivity contribution in [2.75, 3.05) is 19.3 Å². The van der Waals surface area contributed by atoms with Crippen LogP contribution in [-0.4, -0.2) is 38.1 Å². The van der Waals surface area contributed by atoms with E-state index in [1.165, 1.54) is 17.0 Å². The normalized spacial score (nSPS) is 20.4. The summed E-state index contributed by atoms with van der Waals surface area (Å²) in [6, 6.07) is 3.26. The zero-order valence-corrected chi connectivity index (χ0v) is 10.6. The Hall–Kier alpha value is -1.63. The number of carbonyl (C=O) groups is 1. The molecule has 1 heterocycles. The molecule has 18 heavy (non-hydrogen) atoms. The van der Waals surface area contributed by atoms with Gasteiger partial charge in [0.05, 0.1) is 10.6 Å². The molecule has 0 bridgehead atoms. The molecule has 1 aliphatic heterocycles. The highest BCUT2D eigenvalue weighted by molar-refractivity contribution is 7.92. The number of sulfone groups is 1. The van der Waals surface area contributed by atoms with Crippen molar-refractivity contribution in [3.63, 3.8) is 0 Å². The summed E-state index contributed by atoms with van der Waals surface area (Å²) in [5.74, 6) is -1.25. The van der Waals surface area contributed by atoms with Gasteiger partial charge < -0.3 is 10.6 Å². The van der Waals surface area contributed by atoms with Crippen LogP contribution in [-0.2, 0) is 14.6 Å². The maximum atomic E-state index is 13.3. The van der Waals surface area contributed by atoms with Gasteiger partial charge in [-0.2, -0.15) is 0 Å². The van der Waals surface area contributed by atoms with Crippen LogP contribution in [0.4, 0.5) is 10.1 Å². The lowest BCUT2D eigenvalue weighted by Gasteiger charge is -2.12. The van der Waals surface area contributed by atoms with Crippen LogP contribution in [0, 0.1) is 5.82 Å². The first-order valence-electron chi connectivity index (χ1n) is 5.38. The standard InChI is InChI=1S/C11H13FN2O3S/c1-14-5-4-10(11(14)15)18(16,17)7-2-3-9(13)8(12)6-7/h2-3,6,10H,4-5,13H2,1H3. The molecule has 98 valence electrons. The van der Waals surface area contributed by atoms with E-state index in [0.717, 1.165) is 6.07 Å². The Balaban J connectivity index is 2.43. The van der Waals surface area contributed by atoms with Crippen molar-refractivity contribution in [2.24, 2.45) is 0 Å². The first-order chi connectivity index (χ1) is 8.34. The van der Waals surface area contributed by atoms with Crippen LogP contribution in [0.15, 0.2) is 23.1 Å². The lowest BCUT2D eigenvalue weighted by atomic mass is 10.3. The van der Waals surface area contributed by atoms with E-state index in [9.17, 15) is 17.6 Å². The first kappa shape index (κ1) is 12.8. The Morgan fingerprint density at radius 2 is 2.11 bits per heavy atom. The van der Waals surface area contributed by atoms with Crippen molar-refractivity contribution >= 4 is 21.4 Å². The average Bonchev–Trinajstić information content (AvgIpc) is 2.64. The minimum atomic E-state index is -3.85. The van der Waals surface area contributed by atoms with E-state index in [2.05, 4.69) is 0 Å². The maximum absolute atomic E-state index is 13.3. The van der Waals surface area contributed by atoms with E-state index in [0.29, 0.717) is 6.54 Å². The molecule has 1 atom stereocenters. The number of carbonyl (C=O) groups excluding carboxylic acids is 1. The predicted octanol–water partition coefficient (Wildman–Crippen LogP) is 0.412. The highest BCUT2D eigenvalue weighted by atomic mass is 32.2. The number of rotatable bonds is 2. The molecule has 7 heteroatoms. The second-order valence-electron chi connectivity index (χ2n) is 4.27. The van der Waals surface area contributed by atoms with Gasteiger partial charge in [-0.3, -0.25) is 4.79 Å². The lowest BCUT2D eigenvalue weighted by molar-refractivity contribution is -0.126. The molecule has 1 aromatic rings. The highest BCUT2D eigenvalue weighted by Crippen LogP contribution is 2.26. The fourth-order valence-electron chi connectivity index (χ4n) is 1.93. The van der Waals surface area contributed by atoms with Crippen LogP contribution in [0.25, 0.3) is 0 Å². The highest BCUT2D eigenvalue weighted by Gasteiger charge is 2.40. The third-order valence-corrected chi connectivity index (χ3v) is 5.15. The van der Waals surface area contributed by atoms with Crippen LogP contribution in [0.1, 0.15) is 6.42 Å². The van der Waals surface area contributed by atoms with Gasteiger partial charge in [-0.1, -0.05) is 0 Å². The topological polar surface area (TPSA) is 80.5 Å². The first-order valence-corrected chi connectivity index (χ1v) is 6.92. The third-order valence-electron chi connectivity index (χ3n) is 3.05. The van der Waals surface area contributed by atoms with Gasteiger partial charge in [-0.25, -0.2) is 12.8 Å². The molecule has 1 aromatic carbocycles. The Bertz CT molecular complexity index is 600. The van der Waals surface area contributed by atoms with Gasteiger partial charge in [0.2, 0.25) is 5.91 Å². The molecule has 5 nitrogen and oxygen atoms in total. The fourth-order valence-corrected chi connectivity index (χ4v) is 3.64. The SMILES string of the molecule is CN1CCC(S(=O)(=O)c2ccc(N)c(F)c2)C1=O. The maximum Gasteiger partial charge on any atom is 0.241 e. The molecule has 1 aliphatic rings. The molecule has 0 saturated carbocycles. The summed E-state index contributed by atoms with van der Waals surface area (Å²) in [4.78, 5) is 12.9. The molecular weight excluding hydrogens is 259 g/mol. The van der Waals surface area contributed by atoms with Gasteiger partial charge >= 0.3 is 0 Å². The second-order valence-corrected chi connectivity index (χ2v) is 6.40. The molecule has 0 aliphatic carbocycles. The molecule has 2 N–H and O–H groups in total. The van der Waals surface area contributed by atoms with Gasteiger partial charge in [-0.15, -0.1) is 0 Å². The zero-order valence-electron chi connectivity index (χ0n) is 9.76. The molecule has 0 spiro atoms. The summed E-state index contributed by atoms with van der Waals surface area (Å²) in [6.07, 6.45) is 0.226. The summed E-state index contributed by atoms with van der Waals surface area (Å²) < 4.78 is 37.7. The van der Waals surface area contributed by atoms with Crippen LogP contribution in [0.3, 0.4) is 0 Å². The summed E-state index contributed by atoms with van der Waals surface area (Å²) in [6.45, 7) is 0.389. The largest absolute Gasteiger partial charge is 0.396 e. The third kappa shape index (κ3) is 1.94. The molecule has 0 radical (unpaired) electrons. The van der Waals surface area contributed by atoms with Gasteiger partial charge in [0.25, 0.3) is 0 Å². The predicted molar refractivity (Wildman–Crippen MR) is 64.0 cm³/mol. The number of likely N-dealkylation sites (tertiary alicyclic amines) is 1. The Morgan fingerprint density at radius 3 is 2.61 bits per heavy atom. The number of halogens is 1. The van der Waals surface area contributed by atoms with Crippen molar-refractivity contribution < 1.29 is 17.6 Å². The monoisotopic (exact) mass is 272 g/mol. The summed E-state index contributed by atoms with van der Waals surface area (Å²) >= 11 is 0. The van der Waals surface area contributed by atoms with E-state index in [-0.39, 0.29) is 17.0 Å². The molecular formula is C11H13FN2O3S. The summed E-state index contributed by atoms with van der Waals surface area (Å²) in [5.41, 5.74) is 5.17. The second kappa shape index (κ2) is 4.24. The van der Waals surface area contributed by atoms with E-state index < -0.39 is 26.8 Å². The van der Waals surface area contributed by atoms with Crippen molar-refractivity contribution in [3.8, 4) is 0 Å². The van der Waals surface area contributed by atoms with Gasteiger partial charge in [0.1, 0.15) is 11.1 Å². The number of hydrogen-bond acceptors (Lipinski definition) is 4. The molecule has 1 fully saturated rings. The van der Waals surface area contributed by atoms with Crippen molar-refractivity contribution in [1.82, 2.24) is 4.90 Å². The number of hydrogen-bond donors (Lipinski definition) is 1. The van der Waals surface area contributed by atoms with Crippen LogP contribution in [0.5, 0.6) is 0 Å². The number of anilines is 1. The average molecular weight is 272 g/mol. The summed E-state index contributed by atoms with van der Waals surface area (Å²) in [5, 5.41) is -1.12. The molecule has 0 aromatic heterocycles. The number of amides is 1. The van der Waals surface area contributed by atoms with Crippen LogP contribution >= 0.6 is 0 Å². The zero-order chi connectivity index (χ0) is 13.5. The van der Waals surface area contributed by atoms with E-state index >= 15 is 0 Å². The van der Waals surface area contributed by atoms with Crippen LogP contribution < -0.4 is 5.73 Å². The summed E-state index contributed by atoms with van der Waals surface area (Å²) in [7, 11) is -2.30. The minimum absolute atomic E-state index is 0.121. The number of nitrogens with two attached hydrogens (primary N) is 1. The van der Waals surface area contributed by atoms with E-state index in [1.54, 1.807) is 7.05 Å². The van der Waals surface area contributed by atoms with Crippen LogP contribution in [0.2, 0.25) is 0 Å².